The minimum absolute atomic E-state index is 0.0189. The average Bonchev–Trinajstić information content (AvgIpc) is 2.77. The van der Waals surface area contributed by atoms with E-state index >= 15 is 0 Å². The zero-order chi connectivity index (χ0) is 13.2. The molecule has 0 aliphatic rings. The van der Waals surface area contributed by atoms with Crippen LogP contribution in [0.25, 0.3) is 0 Å². The Morgan fingerprint density at radius 1 is 1.33 bits per heavy atom. The number of benzene rings is 1. The predicted molar refractivity (Wildman–Crippen MR) is 68.1 cm³/mol. The van der Waals surface area contributed by atoms with E-state index in [-0.39, 0.29) is 4.90 Å². The molecular weight excluding hydrogens is 254 g/mol. The fourth-order valence-electron chi connectivity index (χ4n) is 1.47. The van der Waals surface area contributed by atoms with Crippen molar-refractivity contribution in [2.75, 3.05) is 11.1 Å². The van der Waals surface area contributed by atoms with Crippen molar-refractivity contribution in [2.45, 2.75) is 11.4 Å². The number of sulfonamides is 1. The molecule has 1 aromatic carbocycles. The van der Waals surface area contributed by atoms with Crippen molar-refractivity contribution in [1.29, 1.82) is 0 Å². The van der Waals surface area contributed by atoms with Gasteiger partial charge in [0.05, 0.1) is 23.5 Å². The van der Waals surface area contributed by atoms with Crippen LogP contribution < -0.4 is 16.2 Å². The van der Waals surface area contributed by atoms with Gasteiger partial charge in [0.2, 0.25) is 10.0 Å². The summed E-state index contributed by atoms with van der Waals surface area (Å²) < 4.78 is 22.5. The van der Waals surface area contributed by atoms with E-state index in [9.17, 15) is 8.42 Å². The molecule has 0 aliphatic heterocycles. The number of imidazole rings is 1. The molecule has 1 heterocycles. The molecule has 1 aromatic heterocycles. The van der Waals surface area contributed by atoms with Gasteiger partial charge in [-0.1, -0.05) is 0 Å². The van der Waals surface area contributed by atoms with Crippen molar-refractivity contribution >= 4 is 21.4 Å². The monoisotopic (exact) mass is 267 g/mol. The second kappa shape index (κ2) is 4.67. The molecule has 2 rings (SSSR count). The first kappa shape index (κ1) is 12.4. The van der Waals surface area contributed by atoms with Crippen LogP contribution in [0, 0.1) is 0 Å². The van der Waals surface area contributed by atoms with Crippen molar-refractivity contribution in [2.24, 2.45) is 5.14 Å². The zero-order valence-electron chi connectivity index (χ0n) is 9.42. The summed E-state index contributed by atoms with van der Waals surface area (Å²) in [5, 5.41) is 8.09. The van der Waals surface area contributed by atoms with E-state index in [4.69, 9.17) is 10.9 Å². The number of nitrogens with two attached hydrogens (primary N) is 2. The maximum Gasteiger partial charge on any atom is 0.238 e. The van der Waals surface area contributed by atoms with Crippen LogP contribution in [0.15, 0.2) is 35.6 Å². The van der Waals surface area contributed by atoms with Crippen LogP contribution in [0.1, 0.15) is 5.69 Å². The molecule has 96 valence electrons. The Kier molecular flexibility index (Phi) is 3.21. The van der Waals surface area contributed by atoms with E-state index in [2.05, 4.69) is 15.3 Å². The molecule has 6 N–H and O–H groups in total. The summed E-state index contributed by atoms with van der Waals surface area (Å²) in [4.78, 5) is 6.77. The van der Waals surface area contributed by atoms with Crippen LogP contribution in [0.4, 0.5) is 11.4 Å². The summed E-state index contributed by atoms with van der Waals surface area (Å²) in [6.07, 6.45) is 3.23. The molecule has 0 fully saturated rings. The van der Waals surface area contributed by atoms with E-state index in [1.807, 2.05) is 0 Å². The number of hydrogen-bond donors (Lipinski definition) is 4. The number of anilines is 2. The molecule has 0 amide bonds. The minimum atomic E-state index is -3.76. The van der Waals surface area contributed by atoms with Gasteiger partial charge in [0, 0.05) is 17.6 Å². The molecule has 0 saturated heterocycles. The summed E-state index contributed by atoms with van der Waals surface area (Å²) >= 11 is 0. The fourth-order valence-corrected chi connectivity index (χ4v) is 2.06. The highest BCUT2D eigenvalue weighted by atomic mass is 32.2. The minimum Gasteiger partial charge on any atom is -0.399 e. The van der Waals surface area contributed by atoms with Gasteiger partial charge in [0.15, 0.2) is 0 Å². The molecule has 7 nitrogen and oxygen atoms in total. The number of aromatic nitrogens is 2. The van der Waals surface area contributed by atoms with Gasteiger partial charge >= 0.3 is 0 Å². The number of hydrogen-bond acceptors (Lipinski definition) is 5. The molecule has 2 aromatic rings. The quantitative estimate of drug-likeness (QED) is 0.590. The number of aromatic amines is 1. The lowest BCUT2D eigenvalue weighted by atomic mass is 10.3. The maximum absolute atomic E-state index is 11.2. The van der Waals surface area contributed by atoms with Crippen LogP contribution in [0.3, 0.4) is 0 Å². The van der Waals surface area contributed by atoms with Crippen LogP contribution >= 0.6 is 0 Å². The topological polar surface area (TPSA) is 127 Å². The SMILES string of the molecule is Nc1cc(NCc2cnc[nH]2)cc(S(N)(=O)=O)c1. The number of H-pyrrole nitrogens is 1. The molecule has 0 spiro atoms. The van der Waals surface area contributed by atoms with Gasteiger partial charge in [-0.3, -0.25) is 0 Å². The molecule has 8 heteroatoms. The van der Waals surface area contributed by atoms with Crippen LogP contribution in [0.2, 0.25) is 0 Å². The lowest BCUT2D eigenvalue weighted by molar-refractivity contribution is 0.598. The highest BCUT2D eigenvalue weighted by Gasteiger charge is 2.09. The predicted octanol–water partition coefficient (Wildman–Crippen LogP) is 0.251. The second-order valence-electron chi connectivity index (χ2n) is 3.77. The number of rotatable bonds is 4. The third-order valence-electron chi connectivity index (χ3n) is 2.30. The van der Waals surface area contributed by atoms with Gasteiger partial charge in [-0.2, -0.15) is 0 Å². The summed E-state index contributed by atoms with van der Waals surface area (Å²) in [7, 11) is -3.76. The van der Waals surface area contributed by atoms with Crippen LogP contribution in [0.5, 0.6) is 0 Å². The van der Waals surface area contributed by atoms with Crippen molar-refractivity contribution < 1.29 is 8.42 Å². The lowest BCUT2D eigenvalue weighted by Gasteiger charge is -2.08. The highest BCUT2D eigenvalue weighted by Crippen LogP contribution is 2.19. The number of nitrogens with zero attached hydrogens (tertiary/aromatic N) is 1. The third-order valence-corrected chi connectivity index (χ3v) is 3.19. The van der Waals surface area contributed by atoms with Gasteiger partial charge in [0.25, 0.3) is 0 Å². The molecule has 18 heavy (non-hydrogen) atoms. The first-order valence-electron chi connectivity index (χ1n) is 5.09. The smallest absolute Gasteiger partial charge is 0.238 e. The Labute approximate surface area is 104 Å². The van der Waals surface area contributed by atoms with Crippen molar-refractivity contribution in [3.63, 3.8) is 0 Å². The normalized spacial score (nSPS) is 11.4. The first-order chi connectivity index (χ1) is 8.45. The Morgan fingerprint density at radius 3 is 2.72 bits per heavy atom. The van der Waals surface area contributed by atoms with Crippen molar-refractivity contribution in [3.8, 4) is 0 Å². The molecule has 0 unspecified atom stereocenters. The van der Waals surface area contributed by atoms with E-state index in [0.717, 1.165) is 5.69 Å². The molecule has 0 aliphatic carbocycles. The zero-order valence-corrected chi connectivity index (χ0v) is 10.2. The maximum atomic E-state index is 11.2. The number of nitrogen functional groups attached to an aromatic ring is 1. The standard InChI is InChI=1S/C10H13N5O2S/c11-7-1-8(3-10(2-7)18(12,16)17)14-5-9-4-13-6-15-9/h1-4,6,14H,5,11H2,(H,13,15)(H2,12,16,17). The number of primary sulfonamides is 1. The average molecular weight is 267 g/mol. The summed E-state index contributed by atoms with van der Waals surface area (Å²) in [5.41, 5.74) is 7.40. The molecule has 0 radical (unpaired) electrons. The molecule has 0 saturated carbocycles. The van der Waals surface area contributed by atoms with Crippen molar-refractivity contribution in [1.82, 2.24) is 9.97 Å². The third kappa shape index (κ3) is 2.99. The van der Waals surface area contributed by atoms with Crippen molar-refractivity contribution in [3.05, 3.63) is 36.4 Å². The second-order valence-corrected chi connectivity index (χ2v) is 5.33. The number of nitrogens with one attached hydrogen (secondary N) is 2. The van der Waals surface area contributed by atoms with E-state index < -0.39 is 10.0 Å². The van der Waals surface area contributed by atoms with E-state index in [1.165, 1.54) is 12.1 Å². The Bertz CT molecular complexity index is 636. The molecule has 0 atom stereocenters. The summed E-state index contributed by atoms with van der Waals surface area (Å²) in [6.45, 7) is 0.480. The summed E-state index contributed by atoms with van der Waals surface area (Å²) in [5.74, 6) is 0. The van der Waals surface area contributed by atoms with Gasteiger partial charge in [-0.25, -0.2) is 18.5 Å². The van der Waals surface area contributed by atoms with E-state index in [0.29, 0.717) is 17.9 Å². The largest absolute Gasteiger partial charge is 0.399 e. The Balaban J connectivity index is 2.21. The first-order valence-corrected chi connectivity index (χ1v) is 6.64. The van der Waals surface area contributed by atoms with Crippen LogP contribution in [-0.2, 0) is 16.6 Å². The van der Waals surface area contributed by atoms with Crippen LogP contribution in [-0.4, -0.2) is 18.4 Å². The summed E-state index contributed by atoms with van der Waals surface area (Å²) in [6, 6.07) is 4.38. The van der Waals surface area contributed by atoms with Gasteiger partial charge in [-0.15, -0.1) is 0 Å². The Hall–Kier alpha value is -2.06. The van der Waals surface area contributed by atoms with Gasteiger partial charge in [0.1, 0.15) is 0 Å². The van der Waals surface area contributed by atoms with Gasteiger partial charge < -0.3 is 16.0 Å². The highest BCUT2D eigenvalue weighted by molar-refractivity contribution is 7.89. The Morgan fingerprint density at radius 2 is 2.11 bits per heavy atom. The fraction of sp³-hybridized carbons (Fsp3) is 0.100. The molecular formula is C10H13N5O2S. The molecule has 0 bridgehead atoms. The van der Waals surface area contributed by atoms with Gasteiger partial charge in [-0.05, 0) is 18.2 Å². The lowest BCUT2D eigenvalue weighted by Crippen LogP contribution is -2.13. The van der Waals surface area contributed by atoms with E-state index in [1.54, 1.807) is 18.6 Å².